The minimum Gasteiger partial charge on any atom is -0.481 e. The molecule has 9 heteroatoms. The smallest absolute Gasteiger partial charge is 0.230 e. The van der Waals surface area contributed by atoms with Gasteiger partial charge in [0.2, 0.25) is 5.91 Å². The Morgan fingerprint density at radius 3 is 2.75 bits per heavy atom. The summed E-state index contributed by atoms with van der Waals surface area (Å²) in [7, 11) is 0. The number of carbonyl (C=O) groups is 1. The Hall–Kier alpha value is -2.48. The molecule has 1 aromatic heterocycles. The molecule has 1 heterocycles. The van der Waals surface area contributed by atoms with Crippen molar-refractivity contribution in [1.82, 2.24) is 20.1 Å². The lowest BCUT2D eigenvalue weighted by molar-refractivity contribution is -0.118. The van der Waals surface area contributed by atoms with Gasteiger partial charge >= 0.3 is 0 Å². The summed E-state index contributed by atoms with van der Waals surface area (Å²) < 4.78 is 7.85. The van der Waals surface area contributed by atoms with E-state index < -0.39 is 6.10 Å². The quantitative estimate of drug-likeness (QED) is 0.289. The van der Waals surface area contributed by atoms with Crippen molar-refractivity contribution in [2.45, 2.75) is 31.1 Å². The van der Waals surface area contributed by atoms with Crippen molar-refractivity contribution < 1.29 is 9.53 Å². The van der Waals surface area contributed by atoms with Crippen LogP contribution in [0.2, 0.25) is 10.0 Å². The van der Waals surface area contributed by atoms with Crippen molar-refractivity contribution in [3.05, 3.63) is 82.6 Å². The molecule has 0 radical (unpaired) electrons. The average molecular weight is 491 g/mol. The number of nitrogens with one attached hydrogen (secondary N) is 1. The third-order valence-corrected chi connectivity index (χ3v) is 6.03. The molecule has 0 spiro atoms. The fraction of sp³-hybridized carbons (Fsp3) is 0.261. The zero-order valence-corrected chi connectivity index (χ0v) is 20.0. The highest BCUT2D eigenvalue weighted by molar-refractivity contribution is 7.99. The van der Waals surface area contributed by atoms with Crippen molar-refractivity contribution in [3.8, 4) is 5.75 Å². The van der Waals surface area contributed by atoms with Crippen LogP contribution in [-0.4, -0.2) is 33.0 Å². The Balaban J connectivity index is 1.58. The predicted octanol–water partition coefficient (Wildman–Crippen LogP) is 5.36. The summed E-state index contributed by atoms with van der Waals surface area (Å²) in [5.41, 5.74) is 1.19. The van der Waals surface area contributed by atoms with E-state index in [1.165, 1.54) is 17.3 Å². The number of hydrogen-bond acceptors (Lipinski definition) is 5. The zero-order chi connectivity index (χ0) is 22.9. The first kappa shape index (κ1) is 24.2. The van der Waals surface area contributed by atoms with Gasteiger partial charge in [-0.15, -0.1) is 16.8 Å². The number of thioether (sulfide) groups is 1. The maximum atomic E-state index is 12.3. The van der Waals surface area contributed by atoms with E-state index in [1.807, 2.05) is 41.8 Å². The molecule has 32 heavy (non-hydrogen) atoms. The summed E-state index contributed by atoms with van der Waals surface area (Å²) in [4.78, 5) is 12.3. The lowest BCUT2D eigenvalue weighted by Crippen LogP contribution is -2.27. The number of amides is 1. The Morgan fingerprint density at radius 2 is 2.03 bits per heavy atom. The van der Waals surface area contributed by atoms with Crippen LogP contribution in [0.3, 0.4) is 0 Å². The zero-order valence-electron chi connectivity index (χ0n) is 17.6. The number of carbonyl (C=O) groups excluding carboxylic acids is 1. The number of benzene rings is 2. The second kappa shape index (κ2) is 11.9. The van der Waals surface area contributed by atoms with Crippen LogP contribution >= 0.6 is 35.0 Å². The van der Waals surface area contributed by atoms with E-state index in [0.717, 1.165) is 6.42 Å². The summed E-state index contributed by atoms with van der Waals surface area (Å²) in [6, 6.07) is 15.1. The summed E-state index contributed by atoms with van der Waals surface area (Å²) >= 11 is 13.5. The summed E-state index contributed by atoms with van der Waals surface area (Å²) in [5, 5.41) is 13.0. The van der Waals surface area contributed by atoms with Gasteiger partial charge in [-0.2, -0.15) is 0 Å². The Morgan fingerprint density at radius 1 is 1.25 bits per heavy atom. The van der Waals surface area contributed by atoms with E-state index in [4.69, 9.17) is 27.9 Å². The Labute approximate surface area is 202 Å². The van der Waals surface area contributed by atoms with Gasteiger partial charge in [0, 0.05) is 18.1 Å². The number of aromatic nitrogens is 3. The molecule has 0 bridgehead atoms. The van der Waals surface area contributed by atoms with Crippen LogP contribution in [0.1, 0.15) is 24.4 Å². The number of halogens is 2. The van der Waals surface area contributed by atoms with Gasteiger partial charge in [-0.3, -0.25) is 9.36 Å². The number of nitrogens with zero attached hydrogens (tertiary/aromatic N) is 3. The topological polar surface area (TPSA) is 69.0 Å². The van der Waals surface area contributed by atoms with Gasteiger partial charge in [-0.25, -0.2) is 0 Å². The average Bonchev–Trinajstić information content (AvgIpc) is 3.18. The molecular weight excluding hydrogens is 467 g/mol. The highest BCUT2D eigenvalue weighted by atomic mass is 35.5. The maximum Gasteiger partial charge on any atom is 0.230 e. The van der Waals surface area contributed by atoms with Crippen LogP contribution in [-0.2, 0) is 17.8 Å². The van der Waals surface area contributed by atoms with Crippen LogP contribution in [0.25, 0.3) is 0 Å². The third-order valence-electron chi connectivity index (χ3n) is 4.53. The van der Waals surface area contributed by atoms with Gasteiger partial charge in [0.25, 0.3) is 0 Å². The van der Waals surface area contributed by atoms with E-state index in [0.29, 0.717) is 39.9 Å². The fourth-order valence-electron chi connectivity index (χ4n) is 2.99. The summed E-state index contributed by atoms with van der Waals surface area (Å²) in [6.07, 6.45) is 2.12. The van der Waals surface area contributed by atoms with Gasteiger partial charge in [-0.1, -0.05) is 71.4 Å². The van der Waals surface area contributed by atoms with Crippen LogP contribution in [0, 0.1) is 0 Å². The minimum atomic E-state index is -0.421. The van der Waals surface area contributed by atoms with Gasteiger partial charge in [0.15, 0.2) is 17.1 Å². The number of rotatable bonds is 11. The molecule has 1 unspecified atom stereocenters. The predicted molar refractivity (Wildman–Crippen MR) is 130 cm³/mol. The van der Waals surface area contributed by atoms with Crippen molar-refractivity contribution in [2.24, 2.45) is 0 Å². The Bertz CT molecular complexity index is 1060. The van der Waals surface area contributed by atoms with E-state index in [9.17, 15) is 4.79 Å². The van der Waals surface area contributed by atoms with Crippen LogP contribution in [0.5, 0.6) is 5.75 Å². The largest absolute Gasteiger partial charge is 0.481 e. The van der Waals surface area contributed by atoms with Crippen molar-refractivity contribution in [2.75, 3.05) is 12.3 Å². The van der Waals surface area contributed by atoms with E-state index in [2.05, 4.69) is 22.1 Å². The van der Waals surface area contributed by atoms with E-state index >= 15 is 0 Å². The molecule has 1 atom stereocenters. The second-order valence-electron chi connectivity index (χ2n) is 6.95. The number of hydrogen-bond donors (Lipinski definition) is 1. The lowest BCUT2D eigenvalue weighted by Gasteiger charge is -2.16. The molecule has 1 amide bonds. The Kier molecular flexibility index (Phi) is 9.02. The monoisotopic (exact) mass is 490 g/mol. The molecule has 1 N–H and O–H groups in total. The first-order chi connectivity index (χ1) is 15.5. The SMILES string of the molecule is C=CCn1c(SCC(=O)NCCc2ccccc2)nnc1C(C)Oc1ccc(Cl)cc1Cl. The number of allylic oxidation sites excluding steroid dienone is 1. The lowest BCUT2D eigenvalue weighted by atomic mass is 10.1. The summed E-state index contributed by atoms with van der Waals surface area (Å²) in [6.45, 7) is 6.74. The third kappa shape index (κ3) is 6.76. The summed E-state index contributed by atoms with van der Waals surface area (Å²) in [5.74, 6) is 1.30. The first-order valence-electron chi connectivity index (χ1n) is 10.1. The first-order valence-corrected chi connectivity index (χ1v) is 11.8. The molecule has 0 aliphatic carbocycles. The molecule has 2 aromatic carbocycles. The van der Waals surface area contributed by atoms with Crippen molar-refractivity contribution in [1.29, 1.82) is 0 Å². The molecule has 3 aromatic rings. The van der Waals surface area contributed by atoms with Gasteiger partial charge in [0.1, 0.15) is 5.75 Å². The fourth-order valence-corrected chi connectivity index (χ4v) is 4.23. The van der Waals surface area contributed by atoms with Crippen molar-refractivity contribution >= 4 is 40.9 Å². The number of ether oxygens (including phenoxy) is 1. The van der Waals surface area contributed by atoms with E-state index in [1.54, 1.807) is 24.3 Å². The standard InChI is InChI=1S/C23H24Cl2N4O2S/c1-3-13-29-22(16(2)31-20-10-9-18(24)14-19(20)25)27-28-23(29)32-15-21(30)26-12-11-17-7-5-4-6-8-17/h3-10,14,16H,1,11-13,15H2,2H3,(H,26,30). The molecule has 6 nitrogen and oxygen atoms in total. The van der Waals surface area contributed by atoms with Gasteiger partial charge in [0.05, 0.1) is 10.8 Å². The highest BCUT2D eigenvalue weighted by Crippen LogP contribution is 2.31. The molecule has 0 aliphatic rings. The molecule has 0 saturated carbocycles. The molecular formula is C23H24Cl2N4O2S. The molecule has 168 valence electrons. The van der Waals surface area contributed by atoms with Crippen molar-refractivity contribution in [3.63, 3.8) is 0 Å². The van der Waals surface area contributed by atoms with Gasteiger partial charge in [-0.05, 0) is 37.1 Å². The van der Waals surface area contributed by atoms with Crippen LogP contribution < -0.4 is 10.1 Å². The van der Waals surface area contributed by atoms with Gasteiger partial charge < -0.3 is 10.1 Å². The molecule has 0 aliphatic heterocycles. The van der Waals surface area contributed by atoms with Crippen LogP contribution in [0.4, 0.5) is 0 Å². The molecule has 3 rings (SSSR count). The van der Waals surface area contributed by atoms with E-state index in [-0.39, 0.29) is 11.7 Å². The maximum absolute atomic E-state index is 12.3. The molecule has 0 saturated heterocycles. The highest BCUT2D eigenvalue weighted by Gasteiger charge is 2.20. The van der Waals surface area contributed by atoms with Crippen LogP contribution in [0.15, 0.2) is 66.3 Å². The second-order valence-corrected chi connectivity index (χ2v) is 8.74. The normalized spacial score (nSPS) is 11.7. The minimum absolute atomic E-state index is 0.0575. The molecule has 0 fully saturated rings.